The molecule has 2 heterocycles. The summed E-state index contributed by atoms with van der Waals surface area (Å²) in [4.78, 5) is 9.05. The van der Waals surface area contributed by atoms with Crippen molar-refractivity contribution in [1.82, 2.24) is 9.97 Å². The van der Waals surface area contributed by atoms with Crippen LogP contribution in [0, 0.1) is 5.92 Å². The molecule has 2 rings (SSSR count). The van der Waals surface area contributed by atoms with E-state index < -0.39 is 11.9 Å². The first-order chi connectivity index (χ1) is 9.40. The van der Waals surface area contributed by atoms with E-state index in [4.69, 9.17) is 5.73 Å². The summed E-state index contributed by atoms with van der Waals surface area (Å²) < 4.78 is 38.1. The molecule has 0 radical (unpaired) electrons. The molecule has 112 valence electrons. The third-order valence-corrected chi connectivity index (χ3v) is 3.66. The molecule has 0 amide bonds. The lowest BCUT2D eigenvalue weighted by atomic mass is 9.92. The molecule has 2 N–H and O–H groups in total. The Labute approximate surface area is 116 Å². The summed E-state index contributed by atoms with van der Waals surface area (Å²) in [6, 6.07) is 0.983. The van der Waals surface area contributed by atoms with Crippen LogP contribution in [0.25, 0.3) is 0 Å². The highest BCUT2D eigenvalue weighted by atomic mass is 19.4. The van der Waals surface area contributed by atoms with Gasteiger partial charge in [0.2, 0.25) is 5.95 Å². The summed E-state index contributed by atoms with van der Waals surface area (Å²) in [5.74, 6) is 0.614. The van der Waals surface area contributed by atoms with Crippen LogP contribution in [0.2, 0.25) is 0 Å². The zero-order chi connectivity index (χ0) is 14.8. The highest BCUT2D eigenvalue weighted by Gasteiger charge is 2.34. The van der Waals surface area contributed by atoms with Crippen molar-refractivity contribution in [2.24, 2.45) is 5.92 Å². The molecule has 1 aromatic heterocycles. The zero-order valence-corrected chi connectivity index (χ0v) is 11.5. The monoisotopic (exact) mass is 288 g/mol. The van der Waals surface area contributed by atoms with Crippen LogP contribution >= 0.6 is 0 Å². The van der Waals surface area contributed by atoms with E-state index in [0.717, 1.165) is 38.4 Å². The molecule has 0 atom stereocenters. The van der Waals surface area contributed by atoms with Crippen LogP contribution in [-0.4, -0.2) is 23.1 Å². The van der Waals surface area contributed by atoms with Crippen LogP contribution in [0.1, 0.15) is 38.3 Å². The molecule has 0 spiro atoms. The molecule has 20 heavy (non-hydrogen) atoms. The largest absolute Gasteiger partial charge is 0.433 e. The van der Waals surface area contributed by atoms with Crippen LogP contribution in [0.5, 0.6) is 0 Å². The van der Waals surface area contributed by atoms with Crippen molar-refractivity contribution >= 4 is 11.8 Å². The Balaban J connectivity index is 2.12. The maximum atomic E-state index is 12.7. The predicted molar refractivity (Wildman–Crippen MR) is 71.3 cm³/mol. The van der Waals surface area contributed by atoms with Gasteiger partial charge in [-0.15, -0.1) is 0 Å². The molecule has 0 aliphatic carbocycles. The number of nitrogen functional groups attached to an aromatic ring is 1. The molecular weight excluding hydrogens is 269 g/mol. The van der Waals surface area contributed by atoms with Crippen molar-refractivity contribution in [2.75, 3.05) is 23.7 Å². The lowest BCUT2D eigenvalue weighted by Crippen LogP contribution is -2.34. The minimum Gasteiger partial charge on any atom is -0.368 e. The Bertz CT molecular complexity index is 453. The number of nitrogens with zero attached hydrogens (tertiary/aromatic N) is 3. The molecule has 0 bridgehead atoms. The minimum atomic E-state index is -4.49. The second-order valence-corrected chi connectivity index (χ2v) is 5.19. The van der Waals surface area contributed by atoms with Gasteiger partial charge in [0.25, 0.3) is 0 Å². The Morgan fingerprint density at radius 3 is 2.50 bits per heavy atom. The van der Waals surface area contributed by atoms with Crippen LogP contribution in [-0.2, 0) is 6.18 Å². The molecule has 4 nitrogen and oxygen atoms in total. The quantitative estimate of drug-likeness (QED) is 0.928. The summed E-state index contributed by atoms with van der Waals surface area (Å²) in [6.45, 7) is 3.59. The van der Waals surface area contributed by atoms with Gasteiger partial charge in [0.1, 0.15) is 5.82 Å². The van der Waals surface area contributed by atoms with Gasteiger partial charge in [-0.3, -0.25) is 0 Å². The van der Waals surface area contributed by atoms with Crippen molar-refractivity contribution in [3.63, 3.8) is 0 Å². The normalized spacial score (nSPS) is 17.5. The molecular formula is C13H19F3N4. The maximum Gasteiger partial charge on any atom is 0.433 e. The molecule has 0 unspecified atom stereocenters. The van der Waals surface area contributed by atoms with Gasteiger partial charge < -0.3 is 10.6 Å². The number of hydrogen-bond acceptors (Lipinski definition) is 4. The lowest BCUT2D eigenvalue weighted by molar-refractivity contribution is -0.141. The van der Waals surface area contributed by atoms with Gasteiger partial charge in [-0.2, -0.15) is 18.2 Å². The maximum absolute atomic E-state index is 12.7. The van der Waals surface area contributed by atoms with Gasteiger partial charge in [0.05, 0.1) is 0 Å². The first-order valence-corrected chi connectivity index (χ1v) is 6.87. The molecule has 0 saturated carbocycles. The van der Waals surface area contributed by atoms with Gasteiger partial charge in [-0.25, -0.2) is 4.98 Å². The van der Waals surface area contributed by atoms with Crippen LogP contribution in [0.4, 0.5) is 24.9 Å². The Hall–Kier alpha value is -1.53. The molecule has 0 aromatic carbocycles. The molecule has 1 aliphatic rings. The molecule has 1 saturated heterocycles. The van der Waals surface area contributed by atoms with E-state index >= 15 is 0 Å². The minimum absolute atomic E-state index is 0.278. The number of hydrogen-bond donors (Lipinski definition) is 1. The van der Waals surface area contributed by atoms with Crippen molar-refractivity contribution in [1.29, 1.82) is 0 Å². The van der Waals surface area contributed by atoms with E-state index in [9.17, 15) is 13.2 Å². The average molecular weight is 288 g/mol. The van der Waals surface area contributed by atoms with Gasteiger partial charge in [0, 0.05) is 19.2 Å². The predicted octanol–water partition coefficient (Wildman–Crippen LogP) is 3.09. The number of alkyl halides is 3. The number of aromatic nitrogens is 2. The van der Waals surface area contributed by atoms with Crippen molar-refractivity contribution in [3.8, 4) is 0 Å². The number of piperidine rings is 1. The van der Waals surface area contributed by atoms with Crippen LogP contribution in [0.15, 0.2) is 6.07 Å². The second kappa shape index (κ2) is 5.85. The first kappa shape index (κ1) is 14.9. The number of halogens is 3. The SMILES string of the molecule is CCCC1CCN(c2cc(C(F)(F)F)nc(N)n2)CC1. The summed E-state index contributed by atoms with van der Waals surface area (Å²) in [5, 5.41) is 0. The highest BCUT2D eigenvalue weighted by Crippen LogP contribution is 2.31. The summed E-state index contributed by atoms with van der Waals surface area (Å²) >= 11 is 0. The first-order valence-electron chi connectivity index (χ1n) is 6.87. The fourth-order valence-corrected chi connectivity index (χ4v) is 2.62. The Morgan fingerprint density at radius 1 is 1.30 bits per heavy atom. The lowest BCUT2D eigenvalue weighted by Gasteiger charge is -2.33. The van der Waals surface area contributed by atoms with Gasteiger partial charge >= 0.3 is 6.18 Å². The summed E-state index contributed by atoms with van der Waals surface area (Å²) in [7, 11) is 0. The van der Waals surface area contributed by atoms with Crippen LogP contribution < -0.4 is 10.6 Å². The van der Waals surface area contributed by atoms with E-state index in [0.29, 0.717) is 5.92 Å². The third-order valence-electron chi connectivity index (χ3n) is 3.66. The standard InChI is InChI=1S/C13H19F3N4/c1-2-3-9-4-6-20(7-5-9)11-8-10(13(14,15)16)18-12(17)19-11/h8-9H,2-7H2,1H3,(H2,17,18,19). The van der Waals surface area contributed by atoms with Gasteiger partial charge in [-0.1, -0.05) is 19.8 Å². The van der Waals surface area contributed by atoms with Gasteiger partial charge in [-0.05, 0) is 18.8 Å². The highest BCUT2D eigenvalue weighted by molar-refractivity contribution is 5.44. The fraction of sp³-hybridized carbons (Fsp3) is 0.692. The van der Waals surface area contributed by atoms with E-state index in [1.54, 1.807) is 0 Å². The topological polar surface area (TPSA) is 55.0 Å². The summed E-state index contributed by atoms with van der Waals surface area (Å²) in [5.41, 5.74) is 4.41. The van der Waals surface area contributed by atoms with Crippen molar-refractivity contribution in [2.45, 2.75) is 38.8 Å². The second-order valence-electron chi connectivity index (χ2n) is 5.19. The van der Waals surface area contributed by atoms with Crippen molar-refractivity contribution < 1.29 is 13.2 Å². The van der Waals surface area contributed by atoms with E-state index in [1.807, 2.05) is 4.90 Å². The van der Waals surface area contributed by atoms with E-state index in [-0.39, 0.29) is 11.8 Å². The van der Waals surface area contributed by atoms with Crippen molar-refractivity contribution in [3.05, 3.63) is 11.8 Å². The average Bonchev–Trinajstić information content (AvgIpc) is 2.38. The van der Waals surface area contributed by atoms with Crippen LogP contribution in [0.3, 0.4) is 0 Å². The molecule has 7 heteroatoms. The Kier molecular flexibility index (Phi) is 4.35. The zero-order valence-electron chi connectivity index (χ0n) is 11.5. The molecule has 1 aromatic rings. The smallest absolute Gasteiger partial charge is 0.368 e. The number of rotatable bonds is 3. The van der Waals surface area contributed by atoms with E-state index in [2.05, 4.69) is 16.9 Å². The number of anilines is 2. The number of nitrogens with two attached hydrogens (primary N) is 1. The van der Waals surface area contributed by atoms with Gasteiger partial charge in [0.15, 0.2) is 5.69 Å². The molecule has 1 aliphatic heterocycles. The summed E-state index contributed by atoms with van der Waals surface area (Å²) in [6.07, 6.45) is -0.207. The molecule has 1 fully saturated rings. The van der Waals surface area contributed by atoms with E-state index in [1.165, 1.54) is 6.42 Å². The Morgan fingerprint density at radius 2 is 1.95 bits per heavy atom. The fourth-order valence-electron chi connectivity index (χ4n) is 2.62. The third kappa shape index (κ3) is 3.52.